The van der Waals surface area contributed by atoms with Crippen LogP contribution in [0.5, 0.6) is 0 Å². The van der Waals surface area contributed by atoms with Crippen LogP contribution in [0.2, 0.25) is 0 Å². The SMILES string of the molecule is CC(C)C[C@H](CN(C)C)C(=O)/C=C/c1ccccc1. The Morgan fingerprint density at radius 3 is 2.37 bits per heavy atom. The summed E-state index contributed by atoms with van der Waals surface area (Å²) in [5, 5.41) is 0. The number of carbonyl (C=O) groups is 1. The van der Waals surface area contributed by atoms with Crippen molar-refractivity contribution >= 4 is 11.9 Å². The maximum absolute atomic E-state index is 12.3. The first-order valence-corrected chi connectivity index (χ1v) is 6.90. The molecule has 0 aliphatic carbocycles. The van der Waals surface area contributed by atoms with Gasteiger partial charge in [0.25, 0.3) is 0 Å². The number of carbonyl (C=O) groups excluding carboxylic acids is 1. The number of hydrogen-bond donors (Lipinski definition) is 0. The number of allylic oxidation sites excluding steroid dienone is 1. The maximum Gasteiger partial charge on any atom is 0.160 e. The molecule has 1 rings (SSSR count). The Balaban J connectivity index is 2.68. The van der Waals surface area contributed by atoms with E-state index in [0.29, 0.717) is 5.92 Å². The van der Waals surface area contributed by atoms with Gasteiger partial charge in [0.05, 0.1) is 0 Å². The van der Waals surface area contributed by atoms with Crippen LogP contribution in [0.25, 0.3) is 6.08 Å². The standard InChI is InChI=1S/C17H25NO/c1-14(2)12-16(13-18(3)4)17(19)11-10-15-8-6-5-7-9-15/h5-11,14,16H,12-13H2,1-4H3/b11-10+/t16-/m1/s1. The van der Waals surface area contributed by atoms with E-state index in [1.807, 2.05) is 50.5 Å². The second-order valence-electron chi connectivity index (χ2n) is 5.74. The Hall–Kier alpha value is -1.41. The predicted molar refractivity (Wildman–Crippen MR) is 82.0 cm³/mol. The molecule has 1 aromatic rings. The summed E-state index contributed by atoms with van der Waals surface area (Å²) in [5.74, 6) is 0.861. The maximum atomic E-state index is 12.3. The Morgan fingerprint density at radius 2 is 1.84 bits per heavy atom. The molecular weight excluding hydrogens is 234 g/mol. The van der Waals surface area contributed by atoms with Gasteiger partial charge in [-0.1, -0.05) is 50.3 Å². The molecule has 19 heavy (non-hydrogen) atoms. The van der Waals surface area contributed by atoms with Crippen molar-refractivity contribution in [2.24, 2.45) is 11.8 Å². The van der Waals surface area contributed by atoms with Gasteiger partial charge in [-0.05, 0) is 38.1 Å². The van der Waals surface area contributed by atoms with E-state index in [2.05, 4.69) is 18.7 Å². The zero-order chi connectivity index (χ0) is 14.3. The minimum absolute atomic E-state index is 0.0926. The van der Waals surface area contributed by atoms with E-state index in [0.717, 1.165) is 18.5 Å². The molecule has 0 radical (unpaired) electrons. The molecule has 0 fully saturated rings. The zero-order valence-corrected chi connectivity index (χ0v) is 12.5. The predicted octanol–water partition coefficient (Wildman–Crippen LogP) is 3.49. The minimum Gasteiger partial charge on any atom is -0.309 e. The fourth-order valence-electron chi connectivity index (χ4n) is 2.17. The van der Waals surface area contributed by atoms with Crippen LogP contribution in [-0.2, 0) is 4.79 Å². The lowest BCUT2D eigenvalue weighted by molar-refractivity contribution is -0.119. The Labute approximate surface area is 117 Å². The topological polar surface area (TPSA) is 20.3 Å². The fourth-order valence-corrected chi connectivity index (χ4v) is 2.17. The van der Waals surface area contributed by atoms with Gasteiger partial charge in [0.2, 0.25) is 0 Å². The van der Waals surface area contributed by atoms with Gasteiger partial charge in [0.1, 0.15) is 0 Å². The molecule has 0 saturated heterocycles. The molecule has 2 heteroatoms. The van der Waals surface area contributed by atoms with Crippen molar-refractivity contribution in [3.05, 3.63) is 42.0 Å². The van der Waals surface area contributed by atoms with Crippen LogP contribution >= 0.6 is 0 Å². The second-order valence-corrected chi connectivity index (χ2v) is 5.74. The molecule has 0 aromatic heterocycles. The van der Waals surface area contributed by atoms with Crippen LogP contribution in [0.4, 0.5) is 0 Å². The molecule has 0 bridgehead atoms. The van der Waals surface area contributed by atoms with Crippen LogP contribution in [0.15, 0.2) is 36.4 Å². The smallest absolute Gasteiger partial charge is 0.160 e. The van der Waals surface area contributed by atoms with Gasteiger partial charge in [-0.25, -0.2) is 0 Å². The van der Waals surface area contributed by atoms with Gasteiger partial charge in [-0.15, -0.1) is 0 Å². The molecule has 0 unspecified atom stereocenters. The van der Waals surface area contributed by atoms with Crippen LogP contribution in [-0.4, -0.2) is 31.3 Å². The lowest BCUT2D eigenvalue weighted by Gasteiger charge is -2.20. The number of benzene rings is 1. The highest BCUT2D eigenvalue weighted by Gasteiger charge is 2.18. The molecule has 0 amide bonds. The van der Waals surface area contributed by atoms with E-state index in [1.54, 1.807) is 6.08 Å². The van der Waals surface area contributed by atoms with Gasteiger partial charge in [-0.3, -0.25) is 4.79 Å². The van der Waals surface area contributed by atoms with Crippen molar-refractivity contribution in [2.45, 2.75) is 20.3 Å². The molecular formula is C17H25NO. The van der Waals surface area contributed by atoms with Crippen molar-refractivity contribution in [1.29, 1.82) is 0 Å². The van der Waals surface area contributed by atoms with Crippen molar-refractivity contribution in [3.8, 4) is 0 Å². The first kappa shape index (κ1) is 15.6. The molecule has 2 nitrogen and oxygen atoms in total. The molecule has 0 aliphatic rings. The highest BCUT2D eigenvalue weighted by atomic mass is 16.1. The molecule has 0 N–H and O–H groups in total. The molecule has 0 heterocycles. The summed E-state index contributed by atoms with van der Waals surface area (Å²) >= 11 is 0. The summed E-state index contributed by atoms with van der Waals surface area (Å²) in [7, 11) is 4.03. The van der Waals surface area contributed by atoms with Crippen molar-refractivity contribution < 1.29 is 4.79 Å². The Morgan fingerprint density at radius 1 is 1.21 bits per heavy atom. The third-order valence-corrected chi connectivity index (χ3v) is 2.98. The second kappa shape index (κ2) is 7.90. The molecule has 0 saturated carbocycles. The third-order valence-electron chi connectivity index (χ3n) is 2.98. The van der Waals surface area contributed by atoms with Gasteiger partial charge >= 0.3 is 0 Å². The minimum atomic E-state index is 0.0926. The quantitative estimate of drug-likeness (QED) is 0.699. The highest BCUT2D eigenvalue weighted by Crippen LogP contribution is 2.15. The van der Waals surface area contributed by atoms with E-state index < -0.39 is 0 Å². The first-order chi connectivity index (χ1) is 8.99. The monoisotopic (exact) mass is 259 g/mol. The lowest BCUT2D eigenvalue weighted by Crippen LogP contribution is -2.28. The molecule has 104 valence electrons. The van der Waals surface area contributed by atoms with Crippen LogP contribution in [0, 0.1) is 11.8 Å². The van der Waals surface area contributed by atoms with E-state index in [-0.39, 0.29) is 11.7 Å². The van der Waals surface area contributed by atoms with Crippen LogP contribution in [0.1, 0.15) is 25.8 Å². The zero-order valence-electron chi connectivity index (χ0n) is 12.5. The van der Waals surface area contributed by atoms with Gasteiger partial charge in [0, 0.05) is 12.5 Å². The van der Waals surface area contributed by atoms with E-state index >= 15 is 0 Å². The molecule has 1 atom stereocenters. The Kier molecular flexibility index (Phi) is 6.51. The summed E-state index contributed by atoms with van der Waals surface area (Å²) in [4.78, 5) is 14.4. The first-order valence-electron chi connectivity index (χ1n) is 6.90. The summed E-state index contributed by atoms with van der Waals surface area (Å²) in [6.45, 7) is 5.14. The molecule has 0 aliphatic heterocycles. The summed E-state index contributed by atoms with van der Waals surface area (Å²) in [6.07, 6.45) is 4.58. The average molecular weight is 259 g/mol. The molecule has 1 aromatic carbocycles. The van der Waals surface area contributed by atoms with Crippen molar-refractivity contribution in [3.63, 3.8) is 0 Å². The fraction of sp³-hybridized carbons (Fsp3) is 0.471. The van der Waals surface area contributed by atoms with Crippen LogP contribution in [0.3, 0.4) is 0 Å². The number of rotatable bonds is 7. The average Bonchev–Trinajstić information content (AvgIpc) is 2.35. The molecule has 0 spiro atoms. The van der Waals surface area contributed by atoms with Crippen molar-refractivity contribution in [1.82, 2.24) is 4.90 Å². The number of nitrogens with zero attached hydrogens (tertiary/aromatic N) is 1. The number of ketones is 1. The number of hydrogen-bond acceptors (Lipinski definition) is 2. The summed E-state index contributed by atoms with van der Waals surface area (Å²) in [5.41, 5.74) is 1.07. The van der Waals surface area contributed by atoms with E-state index in [1.165, 1.54) is 0 Å². The van der Waals surface area contributed by atoms with Crippen LogP contribution < -0.4 is 0 Å². The van der Waals surface area contributed by atoms with Crippen molar-refractivity contribution in [2.75, 3.05) is 20.6 Å². The third kappa shape index (κ3) is 6.35. The summed E-state index contributed by atoms with van der Waals surface area (Å²) < 4.78 is 0. The van der Waals surface area contributed by atoms with E-state index in [4.69, 9.17) is 0 Å². The Bertz CT molecular complexity index is 397. The van der Waals surface area contributed by atoms with Gasteiger partial charge < -0.3 is 4.90 Å². The normalized spacial score (nSPS) is 13.4. The largest absolute Gasteiger partial charge is 0.309 e. The highest BCUT2D eigenvalue weighted by molar-refractivity contribution is 5.95. The lowest BCUT2D eigenvalue weighted by atomic mass is 9.92. The van der Waals surface area contributed by atoms with Gasteiger partial charge in [0.15, 0.2) is 5.78 Å². The van der Waals surface area contributed by atoms with Gasteiger partial charge in [-0.2, -0.15) is 0 Å². The summed E-state index contributed by atoms with van der Waals surface area (Å²) in [6, 6.07) is 9.96. The van der Waals surface area contributed by atoms with E-state index in [9.17, 15) is 4.79 Å².